The van der Waals surface area contributed by atoms with Gasteiger partial charge in [0.05, 0.1) is 6.54 Å². The van der Waals surface area contributed by atoms with Crippen LogP contribution in [0, 0.1) is 5.82 Å². The van der Waals surface area contributed by atoms with Gasteiger partial charge in [-0.05, 0) is 34.1 Å². The molecule has 0 unspecified atom stereocenters. The molecule has 1 amide bonds. The lowest BCUT2D eigenvalue weighted by atomic mass is 10.1. The summed E-state index contributed by atoms with van der Waals surface area (Å²) in [6, 6.07) is 5.71. The highest BCUT2D eigenvalue weighted by Gasteiger charge is 2.20. The highest BCUT2D eigenvalue weighted by Crippen LogP contribution is 2.24. The molecule has 3 nitrogen and oxygen atoms in total. The number of thiophene rings is 1. The zero-order chi connectivity index (χ0) is 14.0. The molecule has 2 aromatic rings. The van der Waals surface area contributed by atoms with Gasteiger partial charge in [0.25, 0.3) is 5.91 Å². The molecule has 0 saturated heterocycles. The number of amides is 1. The first-order valence-electron chi connectivity index (χ1n) is 5.45. The summed E-state index contributed by atoms with van der Waals surface area (Å²) in [5.41, 5.74) is -0.291. The molecule has 0 radical (unpaired) electrons. The molecule has 0 saturated carbocycles. The minimum Gasteiger partial charge on any atom is -0.507 e. The minimum absolute atomic E-state index is 0.291. The van der Waals surface area contributed by atoms with Gasteiger partial charge < -0.3 is 10.0 Å². The van der Waals surface area contributed by atoms with Crippen LogP contribution in [0.15, 0.2) is 34.1 Å². The molecule has 0 aliphatic rings. The summed E-state index contributed by atoms with van der Waals surface area (Å²) in [7, 11) is 1.57. The lowest BCUT2D eigenvalue weighted by Crippen LogP contribution is -2.26. The zero-order valence-corrected chi connectivity index (χ0v) is 12.5. The molecule has 1 aromatic heterocycles. The highest BCUT2D eigenvalue weighted by atomic mass is 79.9. The van der Waals surface area contributed by atoms with Crippen molar-refractivity contribution in [3.05, 3.63) is 50.4 Å². The van der Waals surface area contributed by atoms with Crippen molar-refractivity contribution >= 4 is 33.2 Å². The third kappa shape index (κ3) is 3.13. The molecule has 2 rings (SSSR count). The number of halogens is 2. The van der Waals surface area contributed by atoms with Crippen LogP contribution in [0.3, 0.4) is 0 Å². The second kappa shape index (κ2) is 5.71. The van der Waals surface area contributed by atoms with Crippen molar-refractivity contribution in [2.24, 2.45) is 0 Å². The second-order valence-electron chi connectivity index (χ2n) is 4.03. The van der Waals surface area contributed by atoms with Gasteiger partial charge in [0.15, 0.2) is 0 Å². The van der Waals surface area contributed by atoms with Crippen molar-refractivity contribution in [1.82, 2.24) is 4.90 Å². The summed E-state index contributed by atoms with van der Waals surface area (Å²) in [4.78, 5) is 14.5. The summed E-state index contributed by atoms with van der Waals surface area (Å²) in [6.07, 6.45) is 0. The van der Waals surface area contributed by atoms with Gasteiger partial charge in [0, 0.05) is 21.8 Å². The van der Waals surface area contributed by atoms with Gasteiger partial charge >= 0.3 is 0 Å². The Labute approximate surface area is 122 Å². The molecule has 1 aromatic carbocycles. The maximum atomic E-state index is 13.6. The molecule has 19 heavy (non-hydrogen) atoms. The molecule has 0 atom stereocenters. The monoisotopic (exact) mass is 343 g/mol. The molecular weight excluding hydrogens is 333 g/mol. The summed E-state index contributed by atoms with van der Waals surface area (Å²) in [5.74, 6) is -1.60. The van der Waals surface area contributed by atoms with E-state index < -0.39 is 11.7 Å². The number of hydrogen-bond donors (Lipinski definition) is 1. The highest BCUT2D eigenvalue weighted by molar-refractivity contribution is 9.10. The maximum Gasteiger partial charge on any atom is 0.260 e. The predicted molar refractivity (Wildman–Crippen MR) is 75.9 cm³/mol. The van der Waals surface area contributed by atoms with Gasteiger partial charge in [0.2, 0.25) is 0 Å². The van der Waals surface area contributed by atoms with E-state index in [0.29, 0.717) is 6.54 Å². The largest absolute Gasteiger partial charge is 0.507 e. The first kappa shape index (κ1) is 14.0. The van der Waals surface area contributed by atoms with Crippen LogP contribution in [0.4, 0.5) is 4.39 Å². The average molecular weight is 344 g/mol. The fourth-order valence-corrected chi connectivity index (χ4v) is 3.16. The minimum atomic E-state index is -0.718. The number of benzene rings is 1. The van der Waals surface area contributed by atoms with Crippen molar-refractivity contribution < 1.29 is 14.3 Å². The average Bonchev–Trinajstić information content (AvgIpc) is 2.74. The van der Waals surface area contributed by atoms with Gasteiger partial charge in [-0.25, -0.2) is 4.39 Å². The topological polar surface area (TPSA) is 40.5 Å². The Kier molecular flexibility index (Phi) is 4.21. The fraction of sp³-hybridized carbons (Fsp3) is 0.154. The molecule has 0 fully saturated rings. The molecule has 100 valence electrons. The first-order chi connectivity index (χ1) is 8.99. The SMILES string of the molecule is CN(Cc1cc(Br)cs1)C(=O)c1c(O)cccc1F. The van der Waals surface area contributed by atoms with E-state index in [1.54, 1.807) is 7.05 Å². The Morgan fingerprint density at radius 3 is 2.84 bits per heavy atom. The quantitative estimate of drug-likeness (QED) is 0.924. The summed E-state index contributed by atoms with van der Waals surface area (Å²) in [5, 5.41) is 11.5. The number of nitrogens with zero attached hydrogens (tertiary/aromatic N) is 1. The van der Waals surface area contributed by atoms with E-state index in [1.165, 1.54) is 28.4 Å². The number of aromatic hydroxyl groups is 1. The number of rotatable bonds is 3. The molecular formula is C13H11BrFNO2S. The van der Waals surface area contributed by atoms with Crippen molar-refractivity contribution in [3.8, 4) is 5.75 Å². The standard InChI is InChI=1S/C13H11BrFNO2S/c1-16(6-9-5-8(14)7-19-9)13(18)12-10(15)3-2-4-11(12)17/h2-5,7,17H,6H2,1H3. The van der Waals surface area contributed by atoms with E-state index >= 15 is 0 Å². The number of hydrogen-bond acceptors (Lipinski definition) is 3. The zero-order valence-electron chi connectivity index (χ0n) is 10.1. The van der Waals surface area contributed by atoms with Gasteiger partial charge in [-0.2, -0.15) is 0 Å². The fourth-order valence-electron chi connectivity index (χ4n) is 1.66. The van der Waals surface area contributed by atoms with E-state index in [4.69, 9.17) is 0 Å². The van der Waals surface area contributed by atoms with Crippen LogP contribution in [0.2, 0.25) is 0 Å². The number of carbonyl (C=O) groups excluding carboxylic acids is 1. The second-order valence-corrected chi connectivity index (χ2v) is 5.94. The lowest BCUT2D eigenvalue weighted by Gasteiger charge is -2.17. The summed E-state index contributed by atoms with van der Waals surface area (Å²) >= 11 is 4.84. The van der Waals surface area contributed by atoms with Crippen molar-refractivity contribution in [2.75, 3.05) is 7.05 Å². The Bertz CT molecular complexity index is 594. The third-order valence-electron chi connectivity index (χ3n) is 2.57. The van der Waals surface area contributed by atoms with E-state index in [9.17, 15) is 14.3 Å². The lowest BCUT2D eigenvalue weighted by molar-refractivity contribution is 0.0778. The molecule has 0 aliphatic heterocycles. The molecule has 6 heteroatoms. The Hall–Kier alpha value is -1.40. The van der Waals surface area contributed by atoms with E-state index in [-0.39, 0.29) is 11.3 Å². The Balaban J connectivity index is 2.19. The van der Waals surface area contributed by atoms with Crippen LogP contribution in [-0.2, 0) is 6.54 Å². The Morgan fingerprint density at radius 2 is 2.26 bits per heavy atom. The Morgan fingerprint density at radius 1 is 1.53 bits per heavy atom. The normalized spacial score (nSPS) is 10.5. The van der Waals surface area contributed by atoms with Gasteiger partial charge in [0.1, 0.15) is 17.1 Å². The van der Waals surface area contributed by atoms with E-state index in [2.05, 4.69) is 15.9 Å². The van der Waals surface area contributed by atoms with Crippen LogP contribution in [-0.4, -0.2) is 23.0 Å². The first-order valence-corrected chi connectivity index (χ1v) is 7.12. The molecule has 0 bridgehead atoms. The number of carbonyl (C=O) groups is 1. The van der Waals surface area contributed by atoms with Crippen molar-refractivity contribution in [1.29, 1.82) is 0 Å². The summed E-state index contributed by atoms with van der Waals surface area (Å²) in [6.45, 7) is 0.364. The van der Waals surface area contributed by atoms with Crippen LogP contribution < -0.4 is 0 Å². The van der Waals surface area contributed by atoms with Gasteiger partial charge in [-0.1, -0.05) is 6.07 Å². The van der Waals surface area contributed by atoms with Gasteiger partial charge in [-0.15, -0.1) is 11.3 Å². The molecule has 0 aliphatic carbocycles. The van der Waals surface area contributed by atoms with E-state index in [1.807, 2.05) is 11.4 Å². The van der Waals surface area contributed by atoms with Crippen LogP contribution in [0.25, 0.3) is 0 Å². The molecule has 1 N–H and O–H groups in total. The smallest absolute Gasteiger partial charge is 0.260 e. The number of phenols is 1. The van der Waals surface area contributed by atoms with Gasteiger partial charge in [-0.3, -0.25) is 4.79 Å². The molecule has 1 heterocycles. The van der Waals surface area contributed by atoms with Crippen LogP contribution in [0.1, 0.15) is 15.2 Å². The maximum absolute atomic E-state index is 13.6. The predicted octanol–water partition coefficient (Wildman–Crippen LogP) is 3.63. The third-order valence-corrected chi connectivity index (χ3v) is 4.25. The van der Waals surface area contributed by atoms with E-state index in [0.717, 1.165) is 15.4 Å². The van der Waals surface area contributed by atoms with Crippen molar-refractivity contribution in [2.45, 2.75) is 6.54 Å². The molecule has 0 spiro atoms. The summed E-state index contributed by atoms with van der Waals surface area (Å²) < 4.78 is 14.5. The van der Waals surface area contributed by atoms with Crippen molar-refractivity contribution in [3.63, 3.8) is 0 Å². The number of phenolic OH excluding ortho intramolecular Hbond substituents is 1. The van der Waals surface area contributed by atoms with Crippen LogP contribution >= 0.6 is 27.3 Å². The van der Waals surface area contributed by atoms with Crippen LogP contribution in [0.5, 0.6) is 5.75 Å².